The largest absolute Gasteiger partial charge is 0.381 e. The summed E-state index contributed by atoms with van der Waals surface area (Å²) in [5.41, 5.74) is 1.34. The Kier molecular flexibility index (Phi) is 6.49. The van der Waals surface area contributed by atoms with Crippen molar-refractivity contribution in [3.63, 3.8) is 0 Å². The van der Waals surface area contributed by atoms with Gasteiger partial charge in [0.05, 0.1) is 5.41 Å². The molecule has 0 aliphatic carbocycles. The van der Waals surface area contributed by atoms with Crippen LogP contribution in [0.1, 0.15) is 40.0 Å². The lowest BCUT2D eigenvalue weighted by atomic mass is 9.77. The average Bonchev–Trinajstić information content (AvgIpc) is 2.31. The average molecular weight is 203 g/mol. The number of hydrogen-bond donors (Lipinski definition) is 2. The van der Waals surface area contributed by atoms with Crippen LogP contribution in [0.15, 0.2) is 0 Å². The van der Waals surface area contributed by atoms with E-state index in [1.807, 2.05) is 20.8 Å². The molecule has 1 fully saturated rings. The van der Waals surface area contributed by atoms with Crippen LogP contribution in [0, 0.1) is 5.41 Å². The van der Waals surface area contributed by atoms with Crippen LogP contribution in [0.3, 0.4) is 0 Å². The number of rotatable bonds is 2. The summed E-state index contributed by atoms with van der Waals surface area (Å²) >= 11 is 0. The summed E-state index contributed by atoms with van der Waals surface area (Å²) in [7, 11) is 0. The molecule has 0 aromatic rings. The molecule has 4 nitrogen and oxygen atoms in total. The lowest BCUT2D eigenvalue weighted by Crippen LogP contribution is -2.43. The summed E-state index contributed by atoms with van der Waals surface area (Å²) < 4.78 is 5.16. The Labute approximate surface area is 85.6 Å². The monoisotopic (exact) mass is 203 g/mol. The van der Waals surface area contributed by atoms with Crippen molar-refractivity contribution in [1.82, 2.24) is 5.48 Å². The van der Waals surface area contributed by atoms with Crippen molar-refractivity contribution in [3.05, 3.63) is 0 Å². The molecule has 0 saturated carbocycles. The minimum absolute atomic E-state index is 0.270. The van der Waals surface area contributed by atoms with E-state index in [2.05, 4.69) is 0 Å². The molecule has 1 aliphatic rings. The van der Waals surface area contributed by atoms with Crippen molar-refractivity contribution < 1.29 is 14.7 Å². The van der Waals surface area contributed by atoms with Crippen LogP contribution < -0.4 is 5.48 Å². The zero-order valence-corrected chi connectivity index (χ0v) is 9.30. The Hall–Kier alpha value is -0.610. The molecular formula is C10H21NO3. The maximum atomic E-state index is 11.3. The summed E-state index contributed by atoms with van der Waals surface area (Å²) in [5, 5.41) is 8.54. The Morgan fingerprint density at radius 3 is 2.29 bits per heavy atom. The van der Waals surface area contributed by atoms with Gasteiger partial charge in [-0.1, -0.05) is 20.8 Å². The van der Waals surface area contributed by atoms with E-state index in [0.29, 0.717) is 26.1 Å². The Balaban J connectivity index is 0.000000791. The topological polar surface area (TPSA) is 58.6 Å². The quantitative estimate of drug-likeness (QED) is 0.530. The van der Waals surface area contributed by atoms with Gasteiger partial charge in [-0.15, -0.1) is 0 Å². The van der Waals surface area contributed by atoms with Gasteiger partial charge < -0.3 is 4.74 Å². The lowest BCUT2D eigenvalue weighted by Gasteiger charge is -2.33. The van der Waals surface area contributed by atoms with Crippen molar-refractivity contribution in [1.29, 1.82) is 0 Å². The molecule has 0 spiro atoms. The summed E-state index contributed by atoms with van der Waals surface area (Å²) in [6, 6.07) is 0. The second-order valence-corrected chi connectivity index (χ2v) is 3.19. The van der Waals surface area contributed by atoms with Crippen LogP contribution in [-0.2, 0) is 9.53 Å². The maximum absolute atomic E-state index is 11.3. The fraction of sp³-hybridized carbons (Fsp3) is 0.900. The number of carbonyl (C=O) groups is 1. The van der Waals surface area contributed by atoms with E-state index < -0.39 is 5.41 Å². The summed E-state index contributed by atoms with van der Waals surface area (Å²) in [6.07, 6.45) is 2.16. The van der Waals surface area contributed by atoms with Gasteiger partial charge in [0.1, 0.15) is 0 Å². The first-order chi connectivity index (χ1) is 6.75. The van der Waals surface area contributed by atoms with Crippen LogP contribution in [0.5, 0.6) is 0 Å². The van der Waals surface area contributed by atoms with E-state index in [9.17, 15) is 4.79 Å². The Morgan fingerprint density at radius 2 is 1.93 bits per heavy atom. The molecule has 0 aromatic heterocycles. The standard InChI is InChI=1S/C8H15NO3.C2H6/c1-2-8(7(10)9-11)3-5-12-6-4-8;1-2/h11H,2-6H2,1H3,(H,9,10);1-2H3. The first kappa shape index (κ1) is 13.4. The number of hydroxylamine groups is 1. The Bertz CT molecular complexity index is 165. The molecule has 1 heterocycles. The first-order valence-electron chi connectivity index (χ1n) is 5.27. The van der Waals surface area contributed by atoms with E-state index in [-0.39, 0.29) is 5.91 Å². The summed E-state index contributed by atoms with van der Waals surface area (Å²) in [6.45, 7) is 7.18. The molecule has 1 aliphatic heterocycles. The predicted molar refractivity (Wildman–Crippen MR) is 54.1 cm³/mol. The van der Waals surface area contributed by atoms with Gasteiger partial charge in [-0.3, -0.25) is 10.0 Å². The molecule has 1 saturated heterocycles. The van der Waals surface area contributed by atoms with Gasteiger partial charge in [0, 0.05) is 13.2 Å². The highest BCUT2D eigenvalue weighted by atomic mass is 16.5. The van der Waals surface area contributed by atoms with Gasteiger partial charge in [-0.25, -0.2) is 5.48 Å². The molecule has 1 rings (SSSR count). The van der Waals surface area contributed by atoms with Crippen molar-refractivity contribution in [2.45, 2.75) is 40.0 Å². The van der Waals surface area contributed by atoms with E-state index in [4.69, 9.17) is 9.94 Å². The second-order valence-electron chi connectivity index (χ2n) is 3.19. The van der Waals surface area contributed by atoms with E-state index in [1.165, 1.54) is 0 Å². The van der Waals surface area contributed by atoms with Gasteiger partial charge in [-0.05, 0) is 19.3 Å². The summed E-state index contributed by atoms with van der Waals surface area (Å²) in [5.74, 6) is -0.270. The van der Waals surface area contributed by atoms with Crippen molar-refractivity contribution >= 4 is 5.91 Å². The highest BCUT2D eigenvalue weighted by Crippen LogP contribution is 2.33. The van der Waals surface area contributed by atoms with Gasteiger partial charge in [0.15, 0.2) is 0 Å². The van der Waals surface area contributed by atoms with E-state index in [0.717, 1.165) is 6.42 Å². The second kappa shape index (κ2) is 6.79. The van der Waals surface area contributed by atoms with Gasteiger partial charge >= 0.3 is 0 Å². The normalized spacial score (nSPS) is 19.1. The highest BCUT2D eigenvalue weighted by Gasteiger charge is 2.37. The molecule has 0 unspecified atom stereocenters. The summed E-state index contributed by atoms with van der Waals surface area (Å²) in [4.78, 5) is 11.3. The Morgan fingerprint density at radius 1 is 1.43 bits per heavy atom. The molecule has 84 valence electrons. The number of carbonyl (C=O) groups excluding carboxylic acids is 1. The molecule has 0 bridgehead atoms. The smallest absolute Gasteiger partial charge is 0.249 e. The third-order valence-electron chi connectivity index (χ3n) is 2.71. The number of hydrogen-bond acceptors (Lipinski definition) is 3. The molecule has 2 N–H and O–H groups in total. The molecule has 14 heavy (non-hydrogen) atoms. The van der Waals surface area contributed by atoms with Crippen molar-refractivity contribution in [2.75, 3.05) is 13.2 Å². The fourth-order valence-corrected chi connectivity index (χ4v) is 1.62. The van der Waals surface area contributed by atoms with Crippen LogP contribution in [-0.4, -0.2) is 24.3 Å². The third-order valence-corrected chi connectivity index (χ3v) is 2.71. The van der Waals surface area contributed by atoms with E-state index in [1.54, 1.807) is 5.48 Å². The van der Waals surface area contributed by atoms with Crippen LogP contribution in [0.25, 0.3) is 0 Å². The van der Waals surface area contributed by atoms with Crippen molar-refractivity contribution in [3.8, 4) is 0 Å². The van der Waals surface area contributed by atoms with Crippen molar-refractivity contribution in [2.24, 2.45) is 5.41 Å². The van der Waals surface area contributed by atoms with Crippen LogP contribution >= 0.6 is 0 Å². The minimum Gasteiger partial charge on any atom is -0.381 e. The zero-order chi connectivity index (χ0) is 11.0. The highest BCUT2D eigenvalue weighted by molar-refractivity contribution is 5.81. The minimum atomic E-state index is -0.396. The molecule has 0 aromatic carbocycles. The molecule has 0 radical (unpaired) electrons. The third kappa shape index (κ3) is 2.96. The number of ether oxygens (including phenoxy) is 1. The van der Waals surface area contributed by atoms with Crippen LogP contribution in [0.4, 0.5) is 0 Å². The first-order valence-corrected chi connectivity index (χ1v) is 5.27. The van der Waals surface area contributed by atoms with E-state index >= 15 is 0 Å². The maximum Gasteiger partial charge on any atom is 0.249 e. The number of nitrogens with one attached hydrogen (secondary N) is 1. The molecule has 4 heteroatoms. The molecule has 0 atom stereocenters. The van der Waals surface area contributed by atoms with Crippen LogP contribution in [0.2, 0.25) is 0 Å². The SMILES string of the molecule is CC.CCC1(C(=O)NO)CCOCC1. The molecular weight excluding hydrogens is 182 g/mol. The predicted octanol–water partition coefficient (Wildman–Crippen LogP) is 1.72. The van der Waals surface area contributed by atoms with Gasteiger partial charge in [0.25, 0.3) is 0 Å². The van der Waals surface area contributed by atoms with Gasteiger partial charge in [0.2, 0.25) is 5.91 Å². The van der Waals surface area contributed by atoms with Gasteiger partial charge in [-0.2, -0.15) is 0 Å². The fourth-order valence-electron chi connectivity index (χ4n) is 1.62. The zero-order valence-electron chi connectivity index (χ0n) is 9.30. The number of amides is 1. The molecule has 1 amide bonds. The lowest BCUT2D eigenvalue weighted by molar-refractivity contribution is -0.145.